The Morgan fingerprint density at radius 1 is 1.07 bits per heavy atom. The normalized spacial score (nSPS) is 14.7. The number of hydrogen-bond donors (Lipinski definition) is 0. The Kier molecular flexibility index (Phi) is 10.4. The molecular weight excluding hydrogens is 348 g/mol. The fourth-order valence-corrected chi connectivity index (χ4v) is 4.07. The second kappa shape index (κ2) is 12.8. The summed E-state index contributed by atoms with van der Waals surface area (Å²) in [5.41, 5.74) is 2.57. The number of amides is 1. The first-order chi connectivity index (χ1) is 13.6. The highest BCUT2D eigenvalue weighted by Gasteiger charge is 2.17. The van der Waals surface area contributed by atoms with Crippen molar-refractivity contribution in [3.63, 3.8) is 0 Å². The Morgan fingerprint density at radius 2 is 1.86 bits per heavy atom. The summed E-state index contributed by atoms with van der Waals surface area (Å²) in [6.07, 6.45) is 10.1. The first-order valence-electron chi connectivity index (χ1n) is 11.3. The highest BCUT2D eigenvalue weighted by Crippen LogP contribution is 2.20. The first-order valence-corrected chi connectivity index (χ1v) is 11.3. The second-order valence-electron chi connectivity index (χ2n) is 8.15. The molecule has 1 fully saturated rings. The number of ether oxygens (including phenoxy) is 1. The summed E-state index contributed by atoms with van der Waals surface area (Å²) in [6.45, 7) is 9.80. The van der Waals surface area contributed by atoms with Crippen molar-refractivity contribution in [2.24, 2.45) is 0 Å². The highest BCUT2D eigenvalue weighted by molar-refractivity contribution is 5.76. The van der Waals surface area contributed by atoms with E-state index in [1.54, 1.807) is 7.11 Å². The van der Waals surface area contributed by atoms with Crippen LogP contribution in [0, 0.1) is 6.92 Å². The van der Waals surface area contributed by atoms with Crippen LogP contribution in [0.5, 0.6) is 5.75 Å². The lowest BCUT2D eigenvalue weighted by Crippen LogP contribution is -2.36. The average Bonchev–Trinajstić information content (AvgIpc) is 2.70. The first kappa shape index (κ1) is 22.7. The average molecular weight is 389 g/mol. The number of unbranched alkanes of at least 4 members (excludes halogenated alkanes) is 2. The summed E-state index contributed by atoms with van der Waals surface area (Å²) in [4.78, 5) is 16.6. The molecule has 1 saturated heterocycles. The number of methoxy groups -OCH3 is 1. The summed E-state index contributed by atoms with van der Waals surface area (Å²) in [7, 11) is 1.75. The molecule has 2 rings (SSSR count). The van der Waals surface area contributed by atoms with Crippen molar-refractivity contribution in [2.75, 3.05) is 39.8 Å². The number of carbonyl (C=O) groups excluding carboxylic acids is 1. The lowest BCUT2D eigenvalue weighted by Gasteiger charge is -2.27. The quantitative estimate of drug-likeness (QED) is 0.454. The molecule has 0 aliphatic carbocycles. The second-order valence-corrected chi connectivity index (χ2v) is 8.15. The van der Waals surface area contributed by atoms with E-state index in [2.05, 4.69) is 41.8 Å². The third-order valence-corrected chi connectivity index (χ3v) is 5.78. The third-order valence-electron chi connectivity index (χ3n) is 5.78. The number of aryl methyl sites for hydroxylation is 2. The molecule has 0 N–H and O–H groups in total. The van der Waals surface area contributed by atoms with Gasteiger partial charge in [-0.25, -0.2) is 0 Å². The SMILES string of the molecule is CCCN(CCCCc1ccc(C)c(OC)c1)CCCCN1CCCCC1=O. The fourth-order valence-electron chi connectivity index (χ4n) is 4.07. The minimum atomic E-state index is 0.365. The predicted octanol–water partition coefficient (Wildman–Crippen LogP) is 4.83. The van der Waals surface area contributed by atoms with Crippen molar-refractivity contribution in [3.05, 3.63) is 29.3 Å². The Morgan fingerprint density at radius 3 is 2.57 bits per heavy atom. The van der Waals surface area contributed by atoms with E-state index in [1.807, 2.05) is 0 Å². The Bertz CT molecular complexity index is 588. The molecule has 1 aliphatic rings. The van der Waals surface area contributed by atoms with Gasteiger partial charge in [-0.2, -0.15) is 0 Å². The number of benzene rings is 1. The minimum Gasteiger partial charge on any atom is -0.496 e. The minimum absolute atomic E-state index is 0.365. The van der Waals surface area contributed by atoms with E-state index in [0.717, 1.165) is 51.1 Å². The van der Waals surface area contributed by atoms with E-state index in [0.29, 0.717) is 5.91 Å². The summed E-state index contributed by atoms with van der Waals surface area (Å²) in [5, 5.41) is 0. The molecule has 4 heteroatoms. The molecule has 0 saturated carbocycles. The van der Waals surface area contributed by atoms with Crippen LogP contribution in [0.4, 0.5) is 0 Å². The van der Waals surface area contributed by atoms with Crippen LogP contribution in [-0.2, 0) is 11.2 Å². The zero-order valence-corrected chi connectivity index (χ0v) is 18.3. The van der Waals surface area contributed by atoms with E-state index in [9.17, 15) is 4.79 Å². The predicted molar refractivity (Wildman–Crippen MR) is 117 cm³/mol. The van der Waals surface area contributed by atoms with Gasteiger partial charge in [-0.1, -0.05) is 19.1 Å². The maximum Gasteiger partial charge on any atom is 0.222 e. The molecule has 1 aromatic rings. The number of likely N-dealkylation sites (tertiary alicyclic amines) is 1. The van der Waals surface area contributed by atoms with Crippen molar-refractivity contribution in [2.45, 2.75) is 71.6 Å². The molecule has 1 heterocycles. The maximum atomic E-state index is 11.9. The van der Waals surface area contributed by atoms with Crippen molar-refractivity contribution in [3.8, 4) is 5.75 Å². The zero-order valence-electron chi connectivity index (χ0n) is 18.3. The van der Waals surface area contributed by atoms with E-state index in [4.69, 9.17) is 4.74 Å². The smallest absolute Gasteiger partial charge is 0.222 e. The molecule has 1 aromatic carbocycles. The monoisotopic (exact) mass is 388 g/mol. The Labute approximate surface area is 172 Å². The van der Waals surface area contributed by atoms with Crippen molar-refractivity contribution in [1.29, 1.82) is 0 Å². The number of nitrogens with zero attached hydrogens (tertiary/aromatic N) is 2. The van der Waals surface area contributed by atoms with Gasteiger partial charge in [-0.3, -0.25) is 4.79 Å². The third kappa shape index (κ3) is 7.83. The molecule has 4 nitrogen and oxygen atoms in total. The van der Waals surface area contributed by atoms with Crippen LogP contribution in [0.1, 0.15) is 69.4 Å². The van der Waals surface area contributed by atoms with Crippen LogP contribution in [0.3, 0.4) is 0 Å². The van der Waals surface area contributed by atoms with Gasteiger partial charge in [0, 0.05) is 19.5 Å². The van der Waals surface area contributed by atoms with Gasteiger partial charge in [0.1, 0.15) is 5.75 Å². The number of carbonyl (C=O) groups is 1. The molecule has 0 bridgehead atoms. The summed E-state index contributed by atoms with van der Waals surface area (Å²) < 4.78 is 5.43. The molecule has 1 amide bonds. The van der Waals surface area contributed by atoms with Gasteiger partial charge in [0.15, 0.2) is 0 Å². The zero-order chi connectivity index (χ0) is 20.2. The molecule has 0 radical (unpaired) electrons. The van der Waals surface area contributed by atoms with Crippen LogP contribution < -0.4 is 4.74 Å². The van der Waals surface area contributed by atoms with Crippen LogP contribution >= 0.6 is 0 Å². The fraction of sp³-hybridized carbons (Fsp3) is 0.708. The van der Waals surface area contributed by atoms with Gasteiger partial charge in [0.25, 0.3) is 0 Å². The number of piperidine rings is 1. The standard InChI is InChI=1S/C24H40N2O2/c1-4-15-25(17-9-10-19-26-18-8-6-12-24(26)27)16-7-5-11-22-14-13-21(2)23(20-22)28-3/h13-14,20H,4-12,15-19H2,1-3H3. The molecule has 0 aromatic heterocycles. The van der Waals surface area contributed by atoms with Gasteiger partial charge in [0.2, 0.25) is 5.91 Å². The van der Waals surface area contributed by atoms with Gasteiger partial charge in [0.05, 0.1) is 7.11 Å². The molecule has 1 aliphatic heterocycles. The van der Waals surface area contributed by atoms with Crippen LogP contribution in [0.15, 0.2) is 18.2 Å². The molecule has 0 spiro atoms. The van der Waals surface area contributed by atoms with Gasteiger partial charge >= 0.3 is 0 Å². The van der Waals surface area contributed by atoms with Crippen LogP contribution in [0.2, 0.25) is 0 Å². The lowest BCUT2D eigenvalue weighted by atomic mass is 10.1. The molecular formula is C24H40N2O2. The summed E-state index contributed by atoms with van der Waals surface area (Å²) >= 11 is 0. The molecule has 28 heavy (non-hydrogen) atoms. The molecule has 0 atom stereocenters. The highest BCUT2D eigenvalue weighted by atomic mass is 16.5. The molecule has 0 unspecified atom stereocenters. The molecule has 158 valence electrons. The lowest BCUT2D eigenvalue weighted by molar-refractivity contribution is -0.133. The van der Waals surface area contributed by atoms with E-state index < -0.39 is 0 Å². The van der Waals surface area contributed by atoms with Crippen LogP contribution in [-0.4, -0.2) is 55.5 Å². The van der Waals surface area contributed by atoms with Crippen LogP contribution in [0.25, 0.3) is 0 Å². The van der Waals surface area contributed by atoms with Crippen molar-refractivity contribution >= 4 is 5.91 Å². The van der Waals surface area contributed by atoms with E-state index in [-0.39, 0.29) is 0 Å². The van der Waals surface area contributed by atoms with E-state index >= 15 is 0 Å². The number of rotatable bonds is 13. The van der Waals surface area contributed by atoms with Gasteiger partial charge in [-0.15, -0.1) is 0 Å². The maximum absolute atomic E-state index is 11.9. The van der Waals surface area contributed by atoms with Gasteiger partial charge in [-0.05, 0) is 95.1 Å². The summed E-state index contributed by atoms with van der Waals surface area (Å²) in [5.74, 6) is 1.36. The topological polar surface area (TPSA) is 32.8 Å². The van der Waals surface area contributed by atoms with Gasteiger partial charge < -0.3 is 14.5 Å². The Balaban J connectivity index is 1.63. The largest absolute Gasteiger partial charge is 0.496 e. The van der Waals surface area contributed by atoms with Crippen molar-refractivity contribution in [1.82, 2.24) is 9.80 Å². The van der Waals surface area contributed by atoms with Crippen molar-refractivity contribution < 1.29 is 9.53 Å². The summed E-state index contributed by atoms with van der Waals surface area (Å²) in [6, 6.07) is 6.56. The Hall–Kier alpha value is -1.55. The van der Waals surface area contributed by atoms with E-state index in [1.165, 1.54) is 56.3 Å². The number of hydrogen-bond acceptors (Lipinski definition) is 3.